The van der Waals surface area contributed by atoms with Gasteiger partial charge in [0.25, 0.3) is 11.1 Å². The molecule has 5 rings (SSSR count). The van der Waals surface area contributed by atoms with Crippen LogP contribution in [0.25, 0.3) is 11.1 Å². The van der Waals surface area contributed by atoms with Gasteiger partial charge in [0.2, 0.25) is 0 Å². The molecule has 1 aromatic heterocycles. The van der Waals surface area contributed by atoms with Gasteiger partial charge in [-0.15, -0.1) is 0 Å². The first-order valence-corrected chi connectivity index (χ1v) is 12.0. The highest BCUT2D eigenvalue weighted by Crippen LogP contribution is 2.34. The van der Waals surface area contributed by atoms with Gasteiger partial charge >= 0.3 is 0 Å². The van der Waals surface area contributed by atoms with Crippen molar-refractivity contribution in [3.05, 3.63) is 94.0 Å². The molecule has 1 aliphatic rings. The third kappa shape index (κ3) is 4.36. The number of para-hydroxylation sites is 2. The quantitative estimate of drug-likeness (QED) is 0.295. The number of hydrogen-bond acceptors (Lipinski definition) is 5. The molecule has 0 N–H and O–H groups in total. The van der Waals surface area contributed by atoms with Crippen LogP contribution in [0.15, 0.2) is 92.0 Å². The standard InChI is InChI=1S/C25H20BrN3O2S/c1-16-6-8-18(9-7-16)22-14-21(17-10-12-19(26)13-11-17)28-29(22)24(30)15-32-25-27-20-4-2-3-5-23(20)31-25/h2-13,22H,14-15H2,1H3. The van der Waals surface area contributed by atoms with Gasteiger partial charge in [0.05, 0.1) is 17.5 Å². The Morgan fingerprint density at radius 2 is 1.84 bits per heavy atom. The first-order chi connectivity index (χ1) is 15.6. The third-order valence-electron chi connectivity index (χ3n) is 5.40. The minimum Gasteiger partial charge on any atom is -0.431 e. The van der Waals surface area contributed by atoms with Gasteiger partial charge in [-0.2, -0.15) is 5.10 Å². The zero-order valence-corrected chi connectivity index (χ0v) is 19.8. The smallest absolute Gasteiger partial charge is 0.257 e. The molecule has 0 saturated heterocycles. The number of hydrogen-bond donors (Lipinski definition) is 0. The summed E-state index contributed by atoms with van der Waals surface area (Å²) in [6.07, 6.45) is 0.671. The van der Waals surface area contributed by atoms with Crippen LogP contribution in [0.4, 0.5) is 0 Å². The van der Waals surface area contributed by atoms with Crippen LogP contribution in [-0.2, 0) is 4.79 Å². The SMILES string of the molecule is Cc1ccc(C2CC(c3ccc(Br)cc3)=NN2C(=O)CSc2nc3ccccc3o2)cc1. The van der Waals surface area contributed by atoms with Gasteiger partial charge < -0.3 is 4.42 Å². The first kappa shape index (κ1) is 21.0. The number of hydrazone groups is 1. The van der Waals surface area contributed by atoms with Crippen molar-refractivity contribution in [1.29, 1.82) is 0 Å². The summed E-state index contributed by atoms with van der Waals surface area (Å²) < 4.78 is 6.76. The number of rotatable bonds is 5. The number of oxazole rings is 1. The van der Waals surface area contributed by atoms with Crippen molar-refractivity contribution in [3.63, 3.8) is 0 Å². The van der Waals surface area contributed by atoms with Crippen LogP contribution in [0, 0.1) is 6.92 Å². The Labute approximate surface area is 198 Å². The maximum absolute atomic E-state index is 13.2. The van der Waals surface area contributed by atoms with Crippen LogP contribution in [0.3, 0.4) is 0 Å². The van der Waals surface area contributed by atoms with E-state index in [2.05, 4.69) is 52.1 Å². The van der Waals surface area contributed by atoms with E-state index in [1.54, 1.807) is 5.01 Å². The van der Waals surface area contributed by atoms with E-state index in [1.165, 1.54) is 17.3 Å². The van der Waals surface area contributed by atoms with Gasteiger partial charge in [0.1, 0.15) is 5.52 Å². The molecule has 1 amide bonds. The number of fused-ring (bicyclic) bond motifs is 1. The molecule has 0 aliphatic carbocycles. The Balaban J connectivity index is 1.39. The second-order valence-electron chi connectivity index (χ2n) is 7.66. The number of thioether (sulfide) groups is 1. The van der Waals surface area contributed by atoms with E-state index < -0.39 is 0 Å². The monoisotopic (exact) mass is 505 g/mol. The first-order valence-electron chi connectivity index (χ1n) is 10.3. The molecule has 2 heterocycles. The maximum atomic E-state index is 13.2. The summed E-state index contributed by atoms with van der Waals surface area (Å²) in [6, 6.07) is 23.8. The number of halogens is 1. The molecular formula is C25H20BrN3O2S. The molecule has 32 heavy (non-hydrogen) atoms. The average Bonchev–Trinajstić information content (AvgIpc) is 3.43. The summed E-state index contributed by atoms with van der Waals surface area (Å²) in [4.78, 5) is 17.7. The van der Waals surface area contributed by atoms with E-state index in [0.29, 0.717) is 11.6 Å². The molecule has 4 aromatic rings. The highest BCUT2D eigenvalue weighted by atomic mass is 79.9. The molecule has 1 atom stereocenters. The van der Waals surface area contributed by atoms with Crippen molar-refractivity contribution in [1.82, 2.24) is 9.99 Å². The molecule has 160 valence electrons. The third-order valence-corrected chi connectivity index (χ3v) is 6.74. The van der Waals surface area contributed by atoms with E-state index in [1.807, 2.05) is 48.5 Å². The highest BCUT2D eigenvalue weighted by Gasteiger charge is 2.33. The second-order valence-corrected chi connectivity index (χ2v) is 9.50. The van der Waals surface area contributed by atoms with E-state index in [4.69, 9.17) is 9.52 Å². The average molecular weight is 506 g/mol. The summed E-state index contributed by atoms with van der Waals surface area (Å²) >= 11 is 4.77. The normalized spacial score (nSPS) is 15.9. The van der Waals surface area contributed by atoms with Crippen LogP contribution < -0.4 is 0 Å². The van der Waals surface area contributed by atoms with E-state index in [0.717, 1.165) is 32.4 Å². The fraction of sp³-hybridized carbons (Fsp3) is 0.160. The van der Waals surface area contributed by atoms with Crippen molar-refractivity contribution in [2.45, 2.75) is 24.6 Å². The van der Waals surface area contributed by atoms with Crippen LogP contribution in [0.2, 0.25) is 0 Å². The number of carbonyl (C=O) groups is 1. The van der Waals surface area contributed by atoms with Gasteiger partial charge in [-0.1, -0.05) is 81.8 Å². The molecule has 1 aliphatic heterocycles. The summed E-state index contributed by atoms with van der Waals surface area (Å²) in [7, 11) is 0. The van der Waals surface area contributed by atoms with Crippen molar-refractivity contribution < 1.29 is 9.21 Å². The Bertz CT molecular complexity index is 1270. The van der Waals surface area contributed by atoms with Crippen LogP contribution >= 0.6 is 27.7 Å². The Kier molecular flexibility index (Phi) is 5.85. The van der Waals surface area contributed by atoms with Crippen LogP contribution in [-0.4, -0.2) is 27.4 Å². The summed E-state index contributed by atoms with van der Waals surface area (Å²) in [5, 5.41) is 6.86. The zero-order chi connectivity index (χ0) is 22.1. The van der Waals surface area contributed by atoms with Gasteiger partial charge in [-0.25, -0.2) is 9.99 Å². The predicted octanol–water partition coefficient (Wildman–Crippen LogP) is 6.37. The number of aromatic nitrogens is 1. The molecule has 3 aromatic carbocycles. The van der Waals surface area contributed by atoms with Crippen LogP contribution in [0.5, 0.6) is 0 Å². The molecular weight excluding hydrogens is 486 g/mol. The lowest BCUT2D eigenvalue weighted by Gasteiger charge is -2.21. The Morgan fingerprint density at radius 1 is 1.09 bits per heavy atom. The summed E-state index contributed by atoms with van der Waals surface area (Å²) in [5.41, 5.74) is 5.70. The largest absolute Gasteiger partial charge is 0.431 e. The minimum atomic E-state index is -0.133. The fourth-order valence-corrected chi connectivity index (χ4v) is 4.66. The number of benzene rings is 3. The van der Waals surface area contributed by atoms with Gasteiger partial charge in [0.15, 0.2) is 5.58 Å². The second kappa shape index (κ2) is 8.92. The molecule has 0 bridgehead atoms. The topological polar surface area (TPSA) is 58.7 Å². The molecule has 1 unspecified atom stereocenters. The lowest BCUT2D eigenvalue weighted by molar-refractivity contribution is -0.130. The van der Waals surface area contributed by atoms with Gasteiger partial charge in [0, 0.05) is 10.9 Å². The molecule has 7 heteroatoms. The summed E-state index contributed by atoms with van der Waals surface area (Å²) in [6.45, 7) is 2.06. The van der Waals surface area contributed by atoms with Crippen molar-refractivity contribution >= 4 is 50.4 Å². The lowest BCUT2D eigenvalue weighted by atomic mass is 9.98. The van der Waals surface area contributed by atoms with E-state index >= 15 is 0 Å². The van der Waals surface area contributed by atoms with Crippen molar-refractivity contribution in [3.8, 4) is 0 Å². The Morgan fingerprint density at radius 3 is 2.59 bits per heavy atom. The van der Waals surface area contributed by atoms with Gasteiger partial charge in [-0.05, 0) is 42.3 Å². The van der Waals surface area contributed by atoms with Crippen LogP contribution in [0.1, 0.15) is 29.2 Å². The van der Waals surface area contributed by atoms with Crippen molar-refractivity contribution in [2.75, 3.05) is 5.75 Å². The number of aryl methyl sites for hydroxylation is 1. The minimum absolute atomic E-state index is 0.0741. The number of carbonyl (C=O) groups excluding carboxylic acids is 1. The maximum Gasteiger partial charge on any atom is 0.257 e. The van der Waals surface area contributed by atoms with Crippen molar-refractivity contribution in [2.24, 2.45) is 5.10 Å². The van der Waals surface area contributed by atoms with Gasteiger partial charge in [-0.3, -0.25) is 4.79 Å². The molecule has 0 fully saturated rings. The zero-order valence-electron chi connectivity index (χ0n) is 17.4. The predicted molar refractivity (Wildman–Crippen MR) is 131 cm³/mol. The number of amides is 1. The Hall–Kier alpha value is -2.90. The summed E-state index contributed by atoms with van der Waals surface area (Å²) in [5.74, 6) is 0.127. The lowest BCUT2D eigenvalue weighted by Crippen LogP contribution is -2.28. The van der Waals surface area contributed by atoms with E-state index in [-0.39, 0.29) is 17.7 Å². The molecule has 0 radical (unpaired) electrons. The number of nitrogens with zero attached hydrogens (tertiary/aromatic N) is 3. The molecule has 5 nitrogen and oxygen atoms in total. The highest BCUT2D eigenvalue weighted by molar-refractivity contribution is 9.10. The van der Waals surface area contributed by atoms with E-state index in [9.17, 15) is 4.79 Å². The molecule has 0 saturated carbocycles. The molecule has 0 spiro atoms. The fourth-order valence-electron chi connectivity index (χ4n) is 3.71.